The van der Waals surface area contributed by atoms with Gasteiger partial charge in [-0.3, -0.25) is 4.79 Å². The normalized spacial score (nSPS) is 10.9. The summed E-state index contributed by atoms with van der Waals surface area (Å²) in [5.41, 5.74) is 4.71. The van der Waals surface area contributed by atoms with Crippen LogP contribution < -0.4 is 10.2 Å². The molecule has 0 radical (unpaired) electrons. The van der Waals surface area contributed by atoms with Crippen molar-refractivity contribution in [3.05, 3.63) is 66.7 Å². The van der Waals surface area contributed by atoms with Gasteiger partial charge in [-0.1, -0.05) is 48.7 Å². The zero-order chi connectivity index (χ0) is 18.2. The molecule has 0 saturated carbocycles. The van der Waals surface area contributed by atoms with Gasteiger partial charge >= 0.3 is 0 Å². The Kier molecular flexibility index (Phi) is 6.05. The second-order valence-electron chi connectivity index (χ2n) is 5.17. The number of nitrogens with one attached hydrogen (secondary N) is 1. The van der Waals surface area contributed by atoms with Crippen molar-refractivity contribution in [2.24, 2.45) is 5.10 Å². The van der Waals surface area contributed by atoms with Crippen molar-refractivity contribution in [3.8, 4) is 5.75 Å². The number of amides is 1. The summed E-state index contributed by atoms with van der Waals surface area (Å²) in [6.07, 6.45) is 3.21. The molecule has 0 bridgehead atoms. The van der Waals surface area contributed by atoms with Crippen molar-refractivity contribution < 1.29 is 13.9 Å². The van der Waals surface area contributed by atoms with E-state index in [9.17, 15) is 4.79 Å². The fourth-order valence-electron chi connectivity index (χ4n) is 2.11. The summed E-state index contributed by atoms with van der Waals surface area (Å²) >= 11 is 1.22. The van der Waals surface area contributed by atoms with E-state index in [2.05, 4.69) is 22.1 Å². The van der Waals surface area contributed by atoms with Crippen LogP contribution in [0.4, 0.5) is 0 Å². The maximum atomic E-state index is 11.9. The summed E-state index contributed by atoms with van der Waals surface area (Å²) in [7, 11) is 0. The van der Waals surface area contributed by atoms with Gasteiger partial charge in [-0.05, 0) is 24.3 Å². The summed E-state index contributed by atoms with van der Waals surface area (Å²) in [5.74, 6) is 0.572. The zero-order valence-corrected chi connectivity index (χ0v) is 14.7. The van der Waals surface area contributed by atoms with E-state index in [4.69, 9.17) is 9.15 Å². The molecule has 3 aromatic rings. The van der Waals surface area contributed by atoms with Crippen LogP contribution in [0.3, 0.4) is 0 Å². The van der Waals surface area contributed by atoms with Crippen molar-refractivity contribution in [1.82, 2.24) is 10.4 Å². The quantitative estimate of drug-likeness (QED) is 0.285. The van der Waals surface area contributed by atoms with Crippen LogP contribution in [-0.4, -0.2) is 29.5 Å². The summed E-state index contributed by atoms with van der Waals surface area (Å²) in [6, 6.07) is 14.9. The Balaban J connectivity index is 1.52. The molecule has 1 heterocycles. The Hall–Kier alpha value is -3.06. The van der Waals surface area contributed by atoms with Gasteiger partial charge in [-0.15, -0.1) is 0 Å². The molecule has 132 valence electrons. The average Bonchev–Trinajstić information content (AvgIpc) is 3.08. The van der Waals surface area contributed by atoms with E-state index in [0.29, 0.717) is 23.2 Å². The molecule has 2 aromatic carbocycles. The number of oxazole rings is 1. The third kappa shape index (κ3) is 4.73. The van der Waals surface area contributed by atoms with Gasteiger partial charge in [0, 0.05) is 5.56 Å². The lowest BCUT2D eigenvalue weighted by molar-refractivity contribution is -0.118. The summed E-state index contributed by atoms with van der Waals surface area (Å²) < 4.78 is 11.1. The predicted octanol–water partition coefficient (Wildman–Crippen LogP) is 3.64. The molecular weight excluding hydrogens is 350 g/mol. The Morgan fingerprint density at radius 1 is 1.27 bits per heavy atom. The molecule has 1 aromatic heterocycles. The van der Waals surface area contributed by atoms with E-state index in [1.54, 1.807) is 12.3 Å². The van der Waals surface area contributed by atoms with Crippen LogP contribution in [0.25, 0.3) is 11.1 Å². The molecule has 0 atom stereocenters. The van der Waals surface area contributed by atoms with Crippen LogP contribution in [-0.2, 0) is 4.79 Å². The first-order valence-electron chi connectivity index (χ1n) is 7.89. The SMILES string of the molecule is C=CCOc1ccccc1/C=N\NC(=O)CSc1nc2ccccc2o1. The summed E-state index contributed by atoms with van der Waals surface area (Å²) in [6.45, 7) is 4.02. The van der Waals surface area contributed by atoms with Crippen molar-refractivity contribution in [3.63, 3.8) is 0 Å². The number of ether oxygens (including phenoxy) is 1. The number of aromatic nitrogens is 1. The Morgan fingerprint density at radius 3 is 2.92 bits per heavy atom. The number of para-hydroxylation sites is 3. The summed E-state index contributed by atoms with van der Waals surface area (Å²) in [5, 5.41) is 4.42. The lowest BCUT2D eigenvalue weighted by atomic mass is 10.2. The minimum absolute atomic E-state index is 0.152. The van der Waals surface area contributed by atoms with Gasteiger partial charge in [-0.2, -0.15) is 5.10 Å². The van der Waals surface area contributed by atoms with Crippen LogP contribution >= 0.6 is 11.8 Å². The minimum atomic E-state index is -0.252. The van der Waals surface area contributed by atoms with Gasteiger partial charge < -0.3 is 9.15 Å². The highest BCUT2D eigenvalue weighted by Gasteiger charge is 2.08. The van der Waals surface area contributed by atoms with Crippen LogP contribution in [0.15, 0.2) is 75.9 Å². The van der Waals surface area contributed by atoms with E-state index >= 15 is 0 Å². The fourth-order valence-corrected chi connectivity index (χ4v) is 2.74. The van der Waals surface area contributed by atoms with Gasteiger partial charge in [0.2, 0.25) is 0 Å². The molecule has 0 fully saturated rings. The smallest absolute Gasteiger partial charge is 0.257 e. The van der Waals surface area contributed by atoms with E-state index < -0.39 is 0 Å². The number of hydrogen-bond acceptors (Lipinski definition) is 6. The number of rotatable bonds is 8. The van der Waals surface area contributed by atoms with Crippen molar-refractivity contribution in [2.75, 3.05) is 12.4 Å². The highest BCUT2D eigenvalue weighted by atomic mass is 32.2. The van der Waals surface area contributed by atoms with E-state index in [0.717, 1.165) is 11.1 Å². The molecule has 26 heavy (non-hydrogen) atoms. The number of nitrogens with zero attached hydrogens (tertiary/aromatic N) is 2. The highest BCUT2D eigenvalue weighted by Crippen LogP contribution is 2.22. The third-order valence-corrected chi connectivity index (χ3v) is 4.10. The Labute approximate surface area is 154 Å². The van der Waals surface area contributed by atoms with Crippen LogP contribution in [0.2, 0.25) is 0 Å². The van der Waals surface area contributed by atoms with E-state index in [1.807, 2.05) is 48.5 Å². The van der Waals surface area contributed by atoms with Gasteiger partial charge in [-0.25, -0.2) is 10.4 Å². The van der Waals surface area contributed by atoms with Crippen molar-refractivity contribution in [2.45, 2.75) is 5.22 Å². The molecule has 0 saturated heterocycles. The molecule has 3 rings (SSSR count). The van der Waals surface area contributed by atoms with Gasteiger partial charge in [0.1, 0.15) is 17.9 Å². The molecule has 7 heteroatoms. The first-order valence-corrected chi connectivity index (χ1v) is 8.88. The molecule has 0 unspecified atom stereocenters. The molecule has 0 aliphatic heterocycles. The number of carbonyl (C=O) groups is 1. The fraction of sp³-hybridized carbons (Fsp3) is 0.105. The monoisotopic (exact) mass is 367 g/mol. The van der Waals surface area contributed by atoms with Gasteiger partial charge in [0.15, 0.2) is 5.58 Å². The maximum absolute atomic E-state index is 11.9. The minimum Gasteiger partial charge on any atom is -0.489 e. The average molecular weight is 367 g/mol. The highest BCUT2D eigenvalue weighted by molar-refractivity contribution is 7.99. The Bertz CT molecular complexity index is 903. The topological polar surface area (TPSA) is 76.7 Å². The first kappa shape index (κ1) is 17.8. The summed E-state index contributed by atoms with van der Waals surface area (Å²) in [4.78, 5) is 16.2. The molecule has 0 aliphatic rings. The number of hydrazone groups is 1. The Morgan fingerprint density at radius 2 is 2.08 bits per heavy atom. The lowest BCUT2D eigenvalue weighted by Crippen LogP contribution is -2.19. The number of hydrogen-bond donors (Lipinski definition) is 1. The van der Waals surface area contributed by atoms with Gasteiger partial charge in [0.05, 0.1) is 12.0 Å². The zero-order valence-electron chi connectivity index (χ0n) is 13.9. The first-order chi connectivity index (χ1) is 12.8. The molecular formula is C19H17N3O3S. The molecule has 0 spiro atoms. The van der Waals surface area contributed by atoms with E-state index in [1.165, 1.54) is 11.8 Å². The van der Waals surface area contributed by atoms with Crippen LogP contribution in [0, 0.1) is 0 Å². The lowest BCUT2D eigenvalue weighted by Gasteiger charge is -2.06. The standard InChI is InChI=1S/C19H17N3O3S/c1-2-11-24-16-9-5-3-7-14(16)12-20-22-18(23)13-26-19-21-15-8-4-6-10-17(15)25-19/h2-10,12H,1,11,13H2,(H,22,23)/b20-12-. The molecule has 1 N–H and O–H groups in total. The van der Waals surface area contributed by atoms with Gasteiger partial charge in [0.25, 0.3) is 11.1 Å². The predicted molar refractivity (Wildman–Crippen MR) is 103 cm³/mol. The maximum Gasteiger partial charge on any atom is 0.257 e. The van der Waals surface area contributed by atoms with E-state index in [-0.39, 0.29) is 11.7 Å². The number of benzene rings is 2. The van der Waals surface area contributed by atoms with Crippen molar-refractivity contribution >= 4 is 35.0 Å². The molecule has 6 nitrogen and oxygen atoms in total. The number of carbonyl (C=O) groups excluding carboxylic acids is 1. The van der Waals surface area contributed by atoms with Crippen molar-refractivity contribution in [1.29, 1.82) is 0 Å². The molecule has 1 amide bonds. The van der Waals surface area contributed by atoms with Crippen LogP contribution in [0.5, 0.6) is 5.75 Å². The second-order valence-corrected chi connectivity index (χ2v) is 6.09. The number of fused-ring (bicyclic) bond motifs is 1. The van der Waals surface area contributed by atoms with Crippen LogP contribution in [0.1, 0.15) is 5.56 Å². The molecule has 0 aliphatic carbocycles. The second kappa shape index (κ2) is 8.87. The third-order valence-electron chi connectivity index (χ3n) is 3.27. The largest absolute Gasteiger partial charge is 0.489 e. The number of thioether (sulfide) groups is 1.